The molecule has 31 heavy (non-hydrogen) atoms. The molecule has 0 unspecified atom stereocenters. The third-order valence-electron chi connectivity index (χ3n) is 6.11. The van der Waals surface area contributed by atoms with Crippen LogP contribution in [0.3, 0.4) is 0 Å². The highest BCUT2D eigenvalue weighted by molar-refractivity contribution is 5.88. The van der Waals surface area contributed by atoms with Crippen molar-refractivity contribution >= 4 is 22.6 Å². The summed E-state index contributed by atoms with van der Waals surface area (Å²) in [5, 5.41) is 11.9. The number of para-hydroxylation sites is 1. The molecule has 1 amide bonds. The van der Waals surface area contributed by atoms with Gasteiger partial charge in [-0.25, -0.2) is 0 Å². The fourth-order valence-electron chi connectivity index (χ4n) is 4.29. The number of aromatic amines is 2. The highest BCUT2D eigenvalue weighted by atomic mass is 16.1. The van der Waals surface area contributed by atoms with Gasteiger partial charge in [0.2, 0.25) is 5.91 Å². The number of H-pyrrole nitrogens is 2. The quantitative estimate of drug-likeness (QED) is 0.450. The van der Waals surface area contributed by atoms with Crippen LogP contribution in [-0.2, 0) is 11.2 Å². The maximum absolute atomic E-state index is 12.5. The number of nitrogens with one attached hydrogen (secondary N) is 3. The first-order valence-corrected chi connectivity index (χ1v) is 10.8. The standard InChI is InChI=1S/C24H26N6O/c31-24(13-19-16-26-21-4-2-1-3-20(19)21)27-15-17-7-11-30(12-8-17)23-14-22(28-29-23)18-5-9-25-10-6-18/h1-6,9-10,14,16-17,26H,7-8,11-13,15H2,(H,27,31)(H,28,29). The van der Waals surface area contributed by atoms with Gasteiger partial charge < -0.3 is 15.2 Å². The summed E-state index contributed by atoms with van der Waals surface area (Å²) in [6, 6.07) is 14.1. The Morgan fingerprint density at radius 3 is 2.77 bits per heavy atom. The first kappa shape index (κ1) is 19.4. The van der Waals surface area contributed by atoms with Crippen LogP contribution < -0.4 is 10.2 Å². The number of nitrogens with zero attached hydrogens (tertiary/aromatic N) is 3. The molecule has 0 aliphatic carbocycles. The smallest absolute Gasteiger partial charge is 0.224 e. The number of benzene rings is 1. The van der Waals surface area contributed by atoms with Crippen LogP contribution in [0.15, 0.2) is 61.1 Å². The summed E-state index contributed by atoms with van der Waals surface area (Å²) in [4.78, 5) is 22.1. The van der Waals surface area contributed by atoms with Gasteiger partial charge in [-0.3, -0.25) is 14.9 Å². The Kier molecular flexibility index (Phi) is 5.39. The van der Waals surface area contributed by atoms with Gasteiger partial charge in [0.25, 0.3) is 0 Å². The van der Waals surface area contributed by atoms with E-state index in [1.54, 1.807) is 12.4 Å². The minimum absolute atomic E-state index is 0.0847. The van der Waals surface area contributed by atoms with Crippen LogP contribution in [0.5, 0.6) is 0 Å². The SMILES string of the molecule is O=C(Cc1c[nH]c2ccccc12)NCC1CCN(c2cc(-c3ccncc3)[nH]n2)CC1. The maximum atomic E-state index is 12.5. The van der Waals surface area contributed by atoms with Crippen molar-refractivity contribution in [3.05, 3.63) is 66.6 Å². The van der Waals surface area contributed by atoms with Gasteiger partial charge in [0.05, 0.1) is 12.1 Å². The summed E-state index contributed by atoms with van der Waals surface area (Å²) in [6.07, 6.45) is 8.01. The molecule has 3 aromatic heterocycles. The lowest BCUT2D eigenvalue weighted by molar-refractivity contribution is -0.120. The third kappa shape index (κ3) is 4.30. The maximum Gasteiger partial charge on any atom is 0.224 e. The highest BCUT2D eigenvalue weighted by Gasteiger charge is 2.22. The molecule has 0 radical (unpaired) electrons. The molecular weight excluding hydrogens is 388 g/mol. The van der Waals surface area contributed by atoms with Crippen LogP contribution in [0.25, 0.3) is 22.2 Å². The zero-order valence-electron chi connectivity index (χ0n) is 17.3. The Balaban J connectivity index is 1.10. The predicted octanol–water partition coefficient (Wildman–Crippen LogP) is 3.53. The summed E-state index contributed by atoms with van der Waals surface area (Å²) in [6.45, 7) is 2.63. The monoisotopic (exact) mass is 414 g/mol. The van der Waals surface area contributed by atoms with Crippen LogP contribution in [-0.4, -0.2) is 45.7 Å². The van der Waals surface area contributed by atoms with E-state index in [-0.39, 0.29) is 5.91 Å². The Bertz CT molecular complexity index is 1160. The van der Waals surface area contributed by atoms with Gasteiger partial charge in [-0.15, -0.1) is 0 Å². The van der Waals surface area contributed by atoms with Crippen LogP contribution >= 0.6 is 0 Å². The molecule has 7 heteroatoms. The van der Waals surface area contributed by atoms with Gasteiger partial charge in [0.1, 0.15) is 0 Å². The number of aromatic nitrogens is 4. The van der Waals surface area contributed by atoms with Crippen molar-refractivity contribution in [2.45, 2.75) is 19.3 Å². The Morgan fingerprint density at radius 1 is 1.13 bits per heavy atom. The number of rotatable bonds is 6. The molecule has 1 saturated heterocycles. The molecule has 7 nitrogen and oxygen atoms in total. The minimum atomic E-state index is 0.0847. The molecule has 0 spiro atoms. The first-order valence-electron chi connectivity index (χ1n) is 10.8. The van der Waals surface area contributed by atoms with Crippen molar-refractivity contribution in [2.24, 2.45) is 5.92 Å². The molecule has 5 rings (SSSR count). The summed E-state index contributed by atoms with van der Waals surface area (Å²) in [5.74, 6) is 1.57. The number of amides is 1. The molecule has 1 aliphatic heterocycles. The van der Waals surface area contributed by atoms with Crippen LogP contribution in [0.4, 0.5) is 5.82 Å². The fraction of sp³-hybridized carbons (Fsp3) is 0.292. The van der Waals surface area contributed by atoms with E-state index in [1.165, 1.54) is 0 Å². The zero-order valence-corrected chi connectivity index (χ0v) is 17.3. The van der Waals surface area contributed by atoms with E-state index >= 15 is 0 Å². The third-order valence-corrected chi connectivity index (χ3v) is 6.11. The Labute approximate surface area is 180 Å². The van der Waals surface area contributed by atoms with Crippen molar-refractivity contribution in [1.82, 2.24) is 25.5 Å². The van der Waals surface area contributed by atoms with Crippen LogP contribution in [0.2, 0.25) is 0 Å². The second-order valence-corrected chi connectivity index (χ2v) is 8.15. The van der Waals surface area contributed by atoms with Crippen LogP contribution in [0.1, 0.15) is 18.4 Å². The molecular formula is C24H26N6O. The molecule has 158 valence electrons. The highest BCUT2D eigenvalue weighted by Crippen LogP contribution is 2.25. The topological polar surface area (TPSA) is 89.7 Å². The lowest BCUT2D eigenvalue weighted by Gasteiger charge is -2.32. The van der Waals surface area contributed by atoms with Gasteiger partial charge in [0, 0.05) is 60.8 Å². The van der Waals surface area contributed by atoms with E-state index in [0.717, 1.165) is 66.0 Å². The normalized spacial score (nSPS) is 14.8. The molecule has 4 aromatic rings. The number of hydrogen-bond acceptors (Lipinski definition) is 4. The summed E-state index contributed by atoms with van der Waals surface area (Å²) >= 11 is 0. The van der Waals surface area contributed by atoms with E-state index in [0.29, 0.717) is 12.3 Å². The zero-order chi connectivity index (χ0) is 21.0. The van der Waals surface area contributed by atoms with Gasteiger partial charge in [-0.1, -0.05) is 18.2 Å². The van der Waals surface area contributed by atoms with Gasteiger partial charge >= 0.3 is 0 Å². The van der Waals surface area contributed by atoms with E-state index in [4.69, 9.17) is 0 Å². The summed E-state index contributed by atoms with van der Waals surface area (Å²) < 4.78 is 0. The average molecular weight is 415 g/mol. The number of piperidine rings is 1. The van der Waals surface area contributed by atoms with E-state index in [2.05, 4.69) is 42.5 Å². The van der Waals surface area contributed by atoms with Crippen molar-refractivity contribution in [2.75, 3.05) is 24.5 Å². The lowest BCUT2D eigenvalue weighted by Crippen LogP contribution is -2.39. The molecule has 0 saturated carbocycles. The van der Waals surface area contributed by atoms with E-state index in [1.807, 2.05) is 36.5 Å². The number of fused-ring (bicyclic) bond motifs is 1. The van der Waals surface area contributed by atoms with E-state index < -0.39 is 0 Å². The second-order valence-electron chi connectivity index (χ2n) is 8.15. The molecule has 3 N–H and O–H groups in total. The average Bonchev–Trinajstić information content (AvgIpc) is 3.47. The number of hydrogen-bond donors (Lipinski definition) is 3. The van der Waals surface area contributed by atoms with Crippen molar-refractivity contribution in [3.63, 3.8) is 0 Å². The van der Waals surface area contributed by atoms with Crippen molar-refractivity contribution in [1.29, 1.82) is 0 Å². The van der Waals surface area contributed by atoms with Crippen LogP contribution in [0, 0.1) is 5.92 Å². The second kappa shape index (κ2) is 8.63. The molecule has 4 heterocycles. The molecule has 0 atom stereocenters. The van der Waals surface area contributed by atoms with E-state index in [9.17, 15) is 4.79 Å². The molecule has 1 fully saturated rings. The Hall–Kier alpha value is -3.61. The number of carbonyl (C=O) groups is 1. The fourth-order valence-corrected chi connectivity index (χ4v) is 4.29. The van der Waals surface area contributed by atoms with Crippen molar-refractivity contribution < 1.29 is 4.79 Å². The van der Waals surface area contributed by atoms with Gasteiger partial charge in [0.15, 0.2) is 5.82 Å². The Morgan fingerprint density at radius 2 is 1.94 bits per heavy atom. The summed E-state index contributed by atoms with van der Waals surface area (Å²) in [7, 11) is 0. The molecule has 1 aromatic carbocycles. The molecule has 0 bridgehead atoms. The largest absolute Gasteiger partial charge is 0.361 e. The number of anilines is 1. The first-order chi connectivity index (χ1) is 15.3. The lowest BCUT2D eigenvalue weighted by atomic mass is 9.96. The number of carbonyl (C=O) groups excluding carboxylic acids is 1. The van der Waals surface area contributed by atoms with Crippen molar-refractivity contribution in [3.8, 4) is 11.3 Å². The van der Waals surface area contributed by atoms with Gasteiger partial charge in [-0.2, -0.15) is 5.10 Å². The number of pyridine rings is 1. The summed E-state index contributed by atoms with van der Waals surface area (Å²) in [5.41, 5.74) is 4.21. The van der Waals surface area contributed by atoms with Gasteiger partial charge in [-0.05, 0) is 42.5 Å². The predicted molar refractivity (Wildman–Crippen MR) is 122 cm³/mol. The molecule has 1 aliphatic rings. The minimum Gasteiger partial charge on any atom is -0.361 e.